The van der Waals surface area contributed by atoms with E-state index in [-0.39, 0.29) is 29.3 Å². The predicted octanol–water partition coefficient (Wildman–Crippen LogP) is 5.47. The third-order valence-corrected chi connectivity index (χ3v) is 10.5. The maximum atomic E-state index is 13.5. The normalized spacial score (nSPS) is 22.4. The molecule has 45 heavy (non-hydrogen) atoms. The molecule has 1 spiro atoms. The first-order chi connectivity index (χ1) is 21.8. The number of carbonyl (C=O) groups is 2. The van der Waals surface area contributed by atoms with E-state index in [0.29, 0.717) is 29.9 Å². The Morgan fingerprint density at radius 1 is 1.02 bits per heavy atom. The van der Waals surface area contributed by atoms with Gasteiger partial charge in [0.2, 0.25) is 5.91 Å². The quantitative estimate of drug-likeness (QED) is 0.317. The van der Waals surface area contributed by atoms with Crippen molar-refractivity contribution in [2.24, 2.45) is 18.2 Å². The van der Waals surface area contributed by atoms with E-state index in [0.717, 1.165) is 105 Å². The standard InChI is InChI=1S/C35H45N7O3/c1-22-26-12-11-23-19-28(42(31(23)38-26)17-7-5-4-6-13-35(14-9-15-35)34(44)37-22)32-39-27-18-24(20-29(45-3)30(27)40(32)2)33(43)41-16-8-10-25(36)21-41/h11-12,18-20,22,25H,4-10,13-17,21,36H2,1-3H3,(H,37,44)/t22-,25-/m1/s1. The number of hydrogen-bond acceptors (Lipinski definition) is 6. The number of imidazole rings is 1. The van der Waals surface area contributed by atoms with E-state index < -0.39 is 0 Å². The molecule has 5 heterocycles. The second-order valence-corrected chi connectivity index (χ2v) is 13.5. The highest BCUT2D eigenvalue weighted by atomic mass is 16.5. The number of amides is 2. The van der Waals surface area contributed by atoms with Gasteiger partial charge in [-0.25, -0.2) is 9.97 Å². The zero-order valence-corrected chi connectivity index (χ0v) is 26.8. The van der Waals surface area contributed by atoms with Crippen molar-refractivity contribution in [2.75, 3.05) is 20.2 Å². The second-order valence-electron chi connectivity index (χ2n) is 13.5. The molecule has 2 amide bonds. The van der Waals surface area contributed by atoms with E-state index >= 15 is 0 Å². The molecule has 1 aliphatic carbocycles. The highest BCUT2D eigenvalue weighted by Gasteiger charge is 2.43. The van der Waals surface area contributed by atoms with Crippen LogP contribution in [-0.4, -0.2) is 62.1 Å². The fourth-order valence-corrected chi connectivity index (χ4v) is 7.70. The van der Waals surface area contributed by atoms with Gasteiger partial charge in [0, 0.05) is 49.1 Å². The number of aromatic nitrogens is 4. The topological polar surface area (TPSA) is 120 Å². The lowest BCUT2D eigenvalue weighted by molar-refractivity contribution is -0.137. The Balaban J connectivity index is 1.29. The Morgan fingerprint density at radius 3 is 2.58 bits per heavy atom. The summed E-state index contributed by atoms with van der Waals surface area (Å²) in [7, 11) is 3.63. The van der Waals surface area contributed by atoms with E-state index in [1.807, 2.05) is 37.1 Å². The Kier molecular flexibility index (Phi) is 7.79. The Labute approximate surface area is 264 Å². The summed E-state index contributed by atoms with van der Waals surface area (Å²) in [5, 5.41) is 4.34. The summed E-state index contributed by atoms with van der Waals surface area (Å²) in [6.45, 7) is 4.12. The van der Waals surface area contributed by atoms with Crippen LogP contribution in [-0.2, 0) is 18.4 Å². The number of ether oxygens (including phenoxy) is 1. The lowest BCUT2D eigenvalue weighted by Crippen LogP contribution is -2.46. The van der Waals surface area contributed by atoms with Gasteiger partial charge in [0.1, 0.15) is 16.9 Å². The van der Waals surface area contributed by atoms with Gasteiger partial charge in [-0.15, -0.1) is 0 Å². The molecule has 3 N–H and O–H groups in total. The first-order valence-corrected chi connectivity index (χ1v) is 16.7. The lowest BCUT2D eigenvalue weighted by Gasteiger charge is -2.41. The third-order valence-electron chi connectivity index (χ3n) is 10.5. The minimum absolute atomic E-state index is 0.00676. The number of nitrogens with zero attached hydrogens (tertiary/aromatic N) is 5. The molecule has 0 radical (unpaired) electrons. The molecule has 1 aromatic carbocycles. The molecule has 2 fully saturated rings. The SMILES string of the molecule is COc1cc(C(=O)N2CCC[C@@H](N)C2)cc2nc(-c3cc4ccc5nc4n3CCCCCCC3(CCC3)C(=O)N[C@@H]5C)n(C)c12. The molecule has 0 unspecified atom stereocenters. The van der Waals surface area contributed by atoms with E-state index in [2.05, 4.69) is 26.6 Å². The van der Waals surface area contributed by atoms with Crippen molar-refractivity contribution in [2.45, 2.75) is 89.8 Å². The summed E-state index contributed by atoms with van der Waals surface area (Å²) in [6, 6.07) is 9.83. The molecule has 2 aliphatic heterocycles. The van der Waals surface area contributed by atoms with Gasteiger partial charge in [-0.05, 0) is 75.8 Å². The first-order valence-electron chi connectivity index (χ1n) is 16.7. The molecule has 238 valence electrons. The van der Waals surface area contributed by atoms with Crippen LogP contribution in [0.5, 0.6) is 5.75 Å². The van der Waals surface area contributed by atoms with Crippen LogP contribution in [0.4, 0.5) is 0 Å². The van der Waals surface area contributed by atoms with Crippen LogP contribution in [0.25, 0.3) is 33.6 Å². The smallest absolute Gasteiger partial charge is 0.254 e. The van der Waals surface area contributed by atoms with Crippen LogP contribution in [0, 0.1) is 5.41 Å². The van der Waals surface area contributed by atoms with Crippen LogP contribution in [0.15, 0.2) is 30.3 Å². The number of nitrogens with one attached hydrogen (secondary N) is 1. The predicted molar refractivity (Wildman–Crippen MR) is 175 cm³/mol. The number of carbonyl (C=O) groups excluding carboxylic acids is 2. The maximum absolute atomic E-state index is 13.5. The van der Waals surface area contributed by atoms with E-state index in [1.54, 1.807) is 7.11 Å². The number of nitrogens with two attached hydrogens (primary N) is 1. The fraction of sp³-hybridized carbons (Fsp3) is 0.543. The lowest BCUT2D eigenvalue weighted by atomic mass is 9.65. The monoisotopic (exact) mass is 611 g/mol. The summed E-state index contributed by atoms with van der Waals surface area (Å²) in [4.78, 5) is 39.0. The molecule has 1 saturated heterocycles. The molecular formula is C35H45N7O3. The molecule has 1 saturated carbocycles. The molecule has 2 atom stereocenters. The third kappa shape index (κ3) is 5.26. The van der Waals surface area contributed by atoms with Crippen molar-refractivity contribution in [1.29, 1.82) is 0 Å². The number of piperidine rings is 1. The molecule has 7 rings (SSSR count). The first kappa shape index (κ1) is 29.8. The van der Waals surface area contributed by atoms with Crippen molar-refractivity contribution in [3.05, 3.63) is 41.6 Å². The zero-order chi connectivity index (χ0) is 31.3. The van der Waals surface area contributed by atoms with Crippen molar-refractivity contribution in [1.82, 2.24) is 29.3 Å². The van der Waals surface area contributed by atoms with Gasteiger partial charge >= 0.3 is 0 Å². The van der Waals surface area contributed by atoms with Crippen molar-refractivity contribution < 1.29 is 14.3 Å². The van der Waals surface area contributed by atoms with E-state index in [9.17, 15) is 9.59 Å². The molecule has 10 nitrogen and oxygen atoms in total. The largest absolute Gasteiger partial charge is 0.494 e. The van der Waals surface area contributed by atoms with Gasteiger partial charge in [-0.1, -0.05) is 25.7 Å². The average Bonchev–Trinajstić information content (AvgIpc) is 3.54. The fourth-order valence-electron chi connectivity index (χ4n) is 7.70. The number of aryl methyl sites for hydroxylation is 2. The molecular weight excluding hydrogens is 566 g/mol. The number of rotatable bonds is 3. The van der Waals surface area contributed by atoms with Gasteiger partial charge in [-0.3, -0.25) is 9.59 Å². The molecule has 3 aromatic heterocycles. The van der Waals surface area contributed by atoms with Gasteiger partial charge in [0.15, 0.2) is 5.82 Å². The Morgan fingerprint density at radius 2 is 1.82 bits per heavy atom. The number of pyridine rings is 1. The van der Waals surface area contributed by atoms with Crippen molar-refractivity contribution in [3.8, 4) is 17.3 Å². The van der Waals surface area contributed by atoms with Gasteiger partial charge < -0.3 is 29.8 Å². The van der Waals surface area contributed by atoms with Crippen LogP contribution in [0.2, 0.25) is 0 Å². The maximum Gasteiger partial charge on any atom is 0.254 e. The summed E-state index contributed by atoms with van der Waals surface area (Å²) < 4.78 is 10.2. The highest BCUT2D eigenvalue weighted by molar-refractivity contribution is 6.00. The summed E-state index contributed by atoms with van der Waals surface area (Å²) in [5.41, 5.74) is 10.8. The zero-order valence-electron chi connectivity index (χ0n) is 26.8. The number of benzene rings is 1. The van der Waals surface area contributed by atoms with Crippen LogP contribution < -0.4 is 15.8 Å². The van der Waals surface area contributed by atoms with Crippen LogP contribution >= 0.6 is 0 Å². The summed E-state index contributed by atoms with van der Waals surface area (Å²) in [5.74, 6) is 1.55. The Bertz CT molecular complexity index is 1770. The van der Waals surface area contributed by atoms with Crippen molar-refractivity contribution >= 4 is 33.9 Å². The molecule has 10 heteroatoms. The highest BCUT2D eigenvalue weighted by Crippen LogP contribution is 2.46. The Hall–Kier alpha value is -3.92. The minimum atomic E-state index is -0.192. The van der Waals surface area contributed by atoms with Crippen molar-refractivity contribution in [3.63, 3.8) is 0 Å². The summed E-state index contributed by atoms with van der Waals surface area (Å²) in [6.07, 6.45) is 10.2. The second kappa shape index (κ2) is 11.8. The van der Waals surface area contributed by atoms with Gasteiger partial charge in [0.25, 0.3) is 5.91 Å². The minimum Gasteiger partial charge on any atom is -0.494 e. The van der Waals surface area contributed by atoms with Gasteiger partial charge in [0.05, 0.1) is 30.1 Å². The van der Waals surface area contributed by atoms with Crippen LogP contribution in [0.3, 0.4) is 0 Å². The van der Waals surface area contributed by atoms with E-state index in [1.165, 1.54) is 0 Å². The average molecular weight is 612 g/mol. The molecule has 2 bridgehead atoms. The number of fused-ring (bicyclic) bond motifs is 2. The van der Waals surface area contributed by atoms with Crippen LogP contribution in [0.1, 0.15) is 93.2 Å². The molecule has 4 aromatic rings. The number of methoxy groups -OCH3 is 1. The summed E-state index contributed by atoms with van der Waals surface area (Å²) >= 11 is 0. The molecule has 3 aliphatic rings. The van der Waals surface area contributed by atoms with E-state index in [4.69, 9.17) is 20.4 Å². The van der Waals surface area contributed by atoms with Gasteiger partial charge in [-0.2, -0.15) is 0 Å². The number of hydrogen-bond donors (Lipinski definition) is 2. The number of likely N-dealkylation sites (tertiary alicyclic amines) is 1.